The lowest BCUT2D eigenvalue weighted by atomic mass is 10.0. The summed E-state index contributed by atoms with van der Waals surface area (Å²) in [6.07, 6.45) is 82.2. The Hall–Kier alpha value is -2.04. The van der Waals surface area contributed by atoms with Crippen LogP contribution in [0.4, 0.5) is 0 Å². The molecule has 79 heavy (non-hydrogen) atoms. The molecule has 0 aliphatic rings. The number of amides is 2. The van der Waals surface area contributed by atoms with Gasteiger partial charge < -0.3 is 15.4 Å². The molecule has 0 radical (unpaired) electrons. The number of hydrogen-bond donors (Lipinski definition) is 2. The van der Waals surface area contributed by atoms with Crippen LogP contribution in [0.15, 0.2) is 18.2 Å². The van der Waals surface area contributed by atoms with Crippen molar-refractivity contribution in [1.82, 2.24) is 10.6 Å². The molecule has 1 aromatic carbocycles. The quantitative estimate of drug-likeness (QED) is 0.0639. The molecule has 0 aromatic heterocycles. The van der Waals surface area contributed by atoms with E-state index in [4.69, 9.17) is 4.74 Å². The van der Waals surface area contributed by atoms with Crippen molar-refractivity contribution >= 4 is 11.8 Å². The zero-order chi connectivity index (χ0) is 56.7. The van der Waals surface area contributed by atoms with Crippen molar-refractivity contribution < 1.29 is 14.3 Å². The number of unbranched alkanes of at least 4 members (excludes halogenated alkanes) is 57. The van der Waals surface area contributed by atoms with Gasteiger partial charge in [-0.3, -0.25) is 9.59 Å². The molecule has 0 saturated carbocycles. The minimum Gasteiger partial charge on any atom is -0.493 e. The molecule has 0 spiro atoms. The summed E-state index contributed by atoms with van der Waals surface area (Å²) in [4.78, 5) is 26.8. The fourth-order valence-corrected chi connectivity index (χ4v) is 11.9. The molecule has 5 heteroatoms. The van der Waals surface area contributed by atoms with E-state index < -0.39 is 0 Å². The van der Waals surface area contributed by atoms with Crippen molar-refractivity contribution in [2.24, 2.45) is 0 Å². The van der Waals surface area contributed by atoms with Crippen LogP contribution in [0.3, 0.4) is 0 Å². The van der Waals surface area contributed by atoms with Crippen molar-refractivity contribution in [3.05, 3.63) is 29.3 Å². The summed E-state index contributed by atoms with van der Waals surface area (Å²) in [5.74, 6) is 0.376. The highest BCUT2D eigenvalue weighted by Crippen LogP contribution is 2.23. The average Bonchev–Trinajstić information content (AvgIpc) is 3.47. The van der Waals surface area contributed by atoms with Gasteiger partial charge in [-0.25, -0.2) is 0 Å². The number of ether oxygens (including phenoxy) is 1. The molecule has 0 saturated heterocycles. The van der Waals surface area contributed by atoms with Crippen LogP contribution in [0.5, 0.6) is 5.75 Å². The van der Waals surface area contributed by atoms with E-state index in [9.17, 15) is 9.59 Å². The Morgan fingerprint density at radius 2 is 0.494 bits per heavy atom. The Bertz CT molecular complexity index is 1380. The van der Waals surface area contributed by atoms with Crippen LogP contribution in [-0.4, -0.2) is 31.5 Å². The van der Waals surface area contributed by atoms with Gasteiger partial charge in [0, 0.05) is 18.7 Å². The van der Waals surface area contributed by atoms with E-state index in [2.05, 4.69) is 31.4 Å². The zero-order valence-corrected chi connectivity index (χ0v) is 54.0. The van der Waals surface area contributed by atoms with Gasteiger partial charge in [0.15, 0.2) is 0 Å². The van der Waals surface area contributed by atoms with Gasteiger partial charge in [0.05, 0.1) is 12.2 Å². The number of hydrogen-bond acceptors (Lipinski definition) is 3. The van der Waals surface area contributed by atoms with Crippen molar-refractivity contribution in [1.29, 1.82) is 0 Å². The van der Waals surface area contributed by atoms with Crippen LogP contribution < -0.4 is 15.4 Å². The highest BCUT2D eigenvalue weighted by molar-refractivity contribution is 6.00. The Labute approximate surface area is 495 Å². The minimum atomic E-state index is -0.0928. The minimum absolute atomic E-state index is 0.0736. The van der Waals surface area contributed by atoms with Crippen LogP contribution in [0.1, 0.15) is 427 Å². The fraction of sp³-hybridized carbons (Fsp3) is 0.892. The molecule has 0 aliphatic carbocycles. The first-order chi connectivity index (χ1) is 39.1. The molecule has 5 nitrogen and oxygen atoms in total. The molecule has 2 amide bonds. The summed E-state index contributed by atoms with van der Waals surface area (Å²) in [6.45, 7) is 8.82. The second-order valence-electron chi connectivity index (χ2n) is 25.2. The number of rotatable bonds is 66. The molecular formula is C74H140N2O3. The van der Waals surface area contributed by atoms with Gasteiger partial charge in [0.25, 0.3) is 11.8 Å². The Morgan fingerprint density at radius 3 is 0.747 bits per heavy atom. The molecule has 2 N–H and O–H groups in total. The third-order valence-corrected chi connectivity index (χ3v) is 17.4. The fourth-order valence-electron chi connectivity index (χ4n) is 11.9. The normalized spacial score (nSPS) is 11.5. The van der Waals surface area contributed by atoms with Crippen molar-refractivity contribution in [3.8, 4) is 5.75 Å². The first kappa shape index (κ1) is 75.0. The molecule has 0 bridgehead atoms. The van der Waals surface area contributed by atoms with Crippen LogP contribution in [0, 0.1) is 0 Å². The smallest absolute Gasteiger partial charge is 0.255 e. The molecule has 0 aliphatic heterocycles. The van der Waals surface area contributed by atoms with Crippen LogP contribution in [-0.2, 0) is 0 Å². The lowest BCUT2D eigenvalue weighted by molar-refractivity contribution is 0.0937. The van der Waals surface area contributed by atoms with Crippen molar-refractivity contribution in [2.45, 2.75) is 406 Å². The van der Waals surface area contributed by atoms with E-state index in [0.29, 0.717) is 36.6 Å². The molecule has 1 rings (SSSR count). The van der Waals surface area contributed by atoms with E-state index in [-0.39, 0.29) is 11.8 Å². The Balaban J connectivity index is 2.19. The molecular weight excluding hydrogens is 965 g/mol. The first-order valence-corrected chi connectivity index (χ1v) is 36.5. The lowest BCUT2D eigenvalue weighted by Crippen LogP contribution is -2.26. The largest absolute Gasteiger partial charge is 0.493 e. The third kappa shape index (κ3) is 53.7. The van der Waals surface area contributed by atoms with E-state index >= 15 is 0 Å². The maximum atomic E-state index is 13.5. The number of carbonyl (C=O) groups excluding carboxylic acids is 2. The van der Waals surface area contributed by atoms with Gasteiger partial charge in [0.2, 0.25) is 0 Å². The van der Waals surface area contributed by atoms with Gasteiger partial charge in [-0.1, -0.05) is 387 Å². The molecule has 0 fully saturated rings. The zero-order valence-electron chi connectivity index (χ0n) is 54.0. The van der Waals surface area contributed by atoms with Gasteiger partial charge in [0.1, 0.15) is 5.75 Å². The highest BCUT2D eigenvalue weighted by Gasteiger charge is 2.16. The predicted molar refractivity (Wildman–Crippen MR) is 351 cm³/mol. The molecule has 1 aromatic rings. The topological polar surface area (TPSA) is 67.4 Å². The second-order valence-corrected chi connectivity index (χ2v) is 25.2. The van der Waals surface area contributed by atoms with Crippen LogP contribution in [0.2, 0.25) is 0 Å². The SMILES string of the molecule is CCCCCCCCCCCCCCCCCCCCCCCCCCCNC(=O)c1ccc(C(=O)NCCCCCCCCCCCCCCCCCCCCCCCCCCC)c(OCCCCCCCCCCCC)c1. The number of nitrogens with one attached hydrogen (secondary N) is 2. The van der Waals surface area contributed by atoms with E-state index in [1.54, 1.807) is 12.1 Å². The van der Waals surface area contributed by atoms with Crippen LogP contribution >= 0.6 is 0 Å². The Morgan fingerprint density at radius 1 is 0.278 bits per heavy atom. The molecule has 464 valence electrons. The molecule has 0 atom stereocenters. The van der Waals surface area contributed by atoms with E-state index in [0.717, 1.165) is 38.5 Å². The lowest BCUT2D eigenvalue weighted by Gasteiger charge is -2.14. The monoisotopic (exact) mass is 1110 g/mol. The maximum Gasteiger partial charge on any atom is 0.255 e. The van der Waals surface area contributed by atoms with Crippen molar-refractivity contribution in [3.63, 3.8) is 0 Å². The standard InChI is InChI=1S/C74H140N2O3/c1-4-7-10-13-16-19-22-24-26-28-30-32-34-36-38-40-42-44-46-48-50-52-55-58-61-66-75-73(77)70-64-65-71(72(69-70)79-68-63-60-57-54-21-18-15-12-9-6-3)74(78)76-67-62-59-56-53-51-49-47-45-43-41-39-37-35-33-31-29-27-25-23-20-17-14-11-8-5-2/h64-65,69H,4-63,66-68H2,1-3H3,(H,75,77)(H,76,78). The van der Waals surface area contributed by atoms with E-state index in [1.165, 1.54) is 347 Å². The summed E-state index contributed by atoms with van der Waals surface area (Å²) in [5, 5.41) is 6.33. The summed E-state index contributed by atoms with van der Waals surface area (Å²) in [7, 11) is 0. The Kier molecular flexibility index (Phi) is 60.3. The first-order valence-electron chi connectivity index (χ1n) is 36.5. The summed E-state index contributed by atoms with van der Waals surface area (Å²) in [6, 6.07) is 5.42. The van der Waals surface area contributed by atoms with Gasteiger partial charge >= 0.3 is 0 Å². The third-order valence-electron chi connectivity index (χ3n) is 17.4. The number of benzene rings is 1. The molecule has 0 unspecified atom stereocenters. The highest BCUT2D eigenvalue weighted by atomic mass is 16.5. The predicted octanol–water partition coefficient (Wildman–Crippen LogP) is 25.0. The van der Waals surface area contributed by atoms with Crippen molar-refractivity contribution in [2.75, 3.05) is 19.7 Å². The maximum absolute atomic E-state index is 13.5. The van der Waals surface area contributed by atoms with Gasteiger partial charge in [-0.05, 0) is 37.5 Å². The second kappa shape index (κ2) is 63.5. The summed E-state index contributed by atoms with van der Waals surface area (Å²) < 4.78 is 6.30. The van der Waals surface area contributed by atoms with Gasteiger partial charge in [-0.15, -0.1) is 0 Å². The summed E-state index contributed by atoms with van der Waals surface area (Å²) in [5.41, 5.74) is 1.12. The van der Waals surface area contributed by atoms with Crippen LogP contribution in [0.25, 0.3) is 0 Å². The summed E-state index contributed by atoms with van der Waals surface area (Å²) >= 11 is 0. The van der Waals surface area contributed by atoms with E-state index in [1.807, 2.05) is 6.07 Å². The average molecular weight is 1110 g/mol. The number of carbonyl (C=O) groups is 2. The van der Waals surface area contributed by atoms with Gasteiger partial charge in [-0.2, -0.15) is 0 Å². The molecule has 0 heterocycles.